The molecule has 1 N–H and O–H groups in total. The van der Waals surface area contributed by atoms with Crippen LogP contribution in [0.3, 0.4) is 0 Å². The van der Waals surface area contributed by atoms with Crippen LogP contribution >= 0.6 is 11.8 Å². The van der Waals surface area contributed by atoms with Gasteiger partial charge >= 0.3 is 6.03 Å². The van der Waals surface area contributed by atoms with Gasteiger partial charge in [0.25, 0.3) is 0 Å². The highest BCUT2D eigenvalue weighted by Crippen LogP contribution is 2.39. The quantitative estimate of drug-likeness (QED) is 0.835. The standard InChI is InChI=1S/C14H16N2OS/c17-14(15-11-5-2-1-3-6-11)16-9-10-18-13-8-4-7-12(13)16/h1-3,5-6H,4,7-10H2,(H,15,17). The first-order valence-electron chi connectivity index (χ1n) is 6.33. The molecule has 2 amide bonds. The summed E-state index contributed by atoms with van der Waals surface area (Å²) in [5, 5.41) is 2.97. The second-order valence-corrected chi connectivity index (χ2v) is 5.71. The van der Waals surface area contributed by atoms with Crippen molar-refractivity contribution < 1.29 is 4.79 Å². The number of para-hydroxylation sites is 1. The van der Waals surface area contributed by atoms with Crippen molar-refractivity contribution in [2.45, 2.75) is 19.3 Å². The minimum atomic E-state index is 0.0101. The summed E-state index contributed by atoms with van der Waals surface area (Å²) in [5.41, 5.74) is 2.11. The van der Waals surface area contributed by atoms with E-state index in [-0.39, 0.29) is 6.03 Å². The summed E-state index contributed by atoms with van der Waals surface area (Å²) < 4.78 is 0. The lowest BCUT2D eigenvalue weighted by Crippen LogP contribution is -2.37. The lowest BCUT2D eigenvalue weighted by atomic mass is 10.3. The first-order chi connectivity index (χ1) is 8.84. The van der Waals surface area contributed by atoms with Gasteiger partial charge in [-0.3, -0.25) is 4.90 Å². The maximum absolute atomic E-state index is 12.3. The number of hydrogen-bond donors (Lipinski definition) is 1. The Morgan fingerprint density at radius 3 is 2.89 bits per heavy atom. The van der Waals surface area contributed by atoms with Crippen LogP contribution in [0.15, 0.2) is 40.9 Å². The highest BCUT2D eigenvalue weighted by atomic mass is 32.2. The SMILES string of the molecule is O=C(Nc1ccccc1)N1CCSC2=C1CCC2. The fourth-order valence-electron chi connectivity index (χ4n) is 2.47. The Balaban J connectivity index is 1.75. The largest absolute Gasteiger partial charge is 0.326 e. The molecule has 0 fully saturated rings. The van der Waals surface area contributed by atoms with E-state index in [1.807, 2.05) is 47.0 Å². The molecule has 0 aromatic heterocycles. The molecule has 0 atom stereocenters. The molecule has 1 heterocycles. The summed E-state index contributed by atoms with van der Waals surface area (Å²) in [6.07, 6.45) is 3.38. The van der Waals surface area contributed by atoms with E-state index >= 15 is 0 Å². The van der Waals surface area contributed by atoms with Gasteiger partial charge in [-0.05, 0) is 31.4 Å². The van der Waals surface area contributed by atoms with Gasteiger partial charge in [0.1, 0.15) is 0 Å². The Labute approximate surface area is 111 Å². The van der Waals surface area contributed by atoms with E-state index in [1.54, 1.807) is 0 Å². The van der Waals surface area contributed by atoms with E-state index in [9.17, 15) is 4.79 Å². The van der Waals surface area contributed by atoms with Crippen molar-refractivity contribution in [2.24, 2.45) is 0 Å². The third-order valence-corrected chi connectivity index (χ3v) is 4.50. The number of nitrogens with zero attached hydrogens (tertiary/aromatic N) is 1. The summed E-state index contributed by atoms with van der Waals surface area (Å²) in [5.74, 6) is 1.01. The van der Waals surface area contributed by atoms with E-state index in [4.69, 9.17) is 0 Å². The second-order valence-electron chi connectivity index (χ2n) is 4.52. The van der Waals surface area contributed by atoms with Crippen LogP contribution in [0.4, 0.5) is 10.5 Å². The first kappa shape index (κ1) is 11.7. The van der Waals surface area contributed by atoms with Crippen molar-refractivity contribution in [2.75, 3.05) is 17.6 Å². The van der Waals surface area contributed by atoms with Crippen LogP contribution in [-0.4, -0.2) is 23.2 Å². The predicted octanol–water partition coefficient (Wildman–Crippen LogP) is 3.66. The second kappa shape index (κ2) is 5.06. The molecular weight excluding hydrogens is 244 g/mol. The van der Waals surface area contributed by atoms with E-state index in [1.165, 1.54) is 17.0 Å². The molecule has 0 bridgehead atoms. The molecule has 1 aliphatic heterocycles. The van der Waals surface area contributed by atoms with Crippen molar-refractivity contribution in [1.29, 1.82) is 0 Å². The molecule has 0 saturated carbocycles. The minimum absolute atomic E-state index is 0.0101. The van der Waals surface area contributed by atoms with Crippen LogP contribution in [0, 0.1) is 0 Å². The molecule has 0 radical (unpaired) electrons. The summed E-state index contributed by atoms with van der Waals surface area (Å²) in [7, 11) is 0. The first-order valence-corrected chi connectivity index (χ1v) is 7.31. The van der Waals surface area contributed by atoms with Gasteiger partial charge in [0.2, 0.25) is 0 Å². The number of allylic oxidation sites excluding steroid dienone is 2. The van der Waals surface area contributed by atoms with Crippen molar-refractivity contribution in [3.8, 4) is 0 Å². The fraction of sp³-hybridized carbons (Fsp3) is 0.357. The molecule has 94 valence electrons. The van der Waals surface area contributed by atoms with Crippen LogP contribution in [0.2, 0.25) is 0 Å². The van der Waals surface area contributed by atoms with Gasteiger partial charge in [0.15, 0.2) is 0 Å². The molecule has 1 aromatic rings. The van der Waals surface area contributed by atoms with Gasteiger partial charge in [0.05, 0.1) is 0 Å². The van der Waals surface area contributed by atoms with Gasteiger partial charge in [-0.25, -0.2) is 4.79 Å². The van der Waals surface area contributed by atoms with E-state index < -0.39 is 0 Å². The average molecular weight is 260 g/mol. The van der Waals surface area contributed by atoms with Crippen molar-refractivity contribution in [1.82, 2.24) is 4.90 Å². The van der Waals surface area contributed by atoms with Crippen LogP contribution in [-0.2, 0) is 0 Å². The van der Waals surface area contributed by atoms with E-state index in [0.29, 0.717) is 0 Å². The summed E-state index contributed by atoms with van der Waals surface area (Å²) in [6.45, 7) is 0.822. The molecule has 1 aliphatic carbocycles. The number of anilines is 1. The summed E-state index contributed by atoms with van der Waals surface area (Å²) in [6, 6.07) is 9.66. The number of amides is 2. The Morgan fingerprint density at radius 1 is 1.22 bits per heavy atom. The molecule has 3 rings (SSSR count). The third kappa shape index (κ3) is 2.25. The van der Waals surface area contributed by atoms with Gasteiger partial charge in [-0.2, -0.15) is 0 Å². The Hall–Kier alpha value is -1.42. The maximum Gasteiger partial charge on any atom is 0.326 e. The highest BCUT2D eigenvalue weighted by Gasteiger charge is 2.28. The van der Waals surface area contributed by atoms with E-state index in [2.05, 4.69) is 5.32 Å². The number of carbonyl (C=O) groups is 1. The van der Waals surface area contributed by atoms with Crippen LogP contribution < -0.4 is 5.32 Å². The van der Waals surface area contributed by atoms with Gasteiger partial charge in [-0.1, -0.05) is 18.2 Å². The monoisotopic (exact) mass is 260 g/mol. The van der Waals surface area contributed by atoms with E-state index in [0.717, 1.165) is 30.8 Å². The normalized spacial score (nSPS) is 18.8. The Morgan fingerprint density at radius 2 is 2.06 bits per heavy atom. The zero-order valence-electron chi connectivity index (χ0n) is 10.2. The molecule has 2 aliphatic rings. The summed E-state index contributed by atoms with van der Waals surface area (Å²) >= 11 is 1.92. The minimum Gasteiger partial charge on any atom is -0.308 e. The zero-order chi connectivity index (χ0) is 12.4. The molecule has 0 unspecified atom stereocenters. The number of benzene rings is 1. The molecule has 18 heavy (non-hydrogen) atoms. The van der Waals surface area contributed by atoms with Gasteiger partial charge < -0.3 is 5.32 Å². The topological polar surface area (TPSA) is 32.3 Å². The maximum atomic E-state index is 12.3. The number of nitrogens with one attached hydrogen (secondary N) is 1. The van der Waals surface area contributed by atoms with Crippen molar-refractivity contribution >= 4 is 23.5 Å². The number of urea groups is 1. The highest BCUT2D eigenvalue weighted by molar-refractivity contribution is 8.03. The van der Waals surface area contributed by atoms with Gasteiger partial charge in [0, 0.05) is 28.6 Å². The fourth-order valence-corrected chi connectivity index (χ4v) is 3.66. The number of rotatable bonds is 1. The number of thioether (sulfide) groups is 1. The zero-order valence-corrected chi connectivity index (χ0v) is 11.0. The van der Waals surface area contributed by atoms with Crippen LogP contribution in [0.1, 0.15) is 19.3 Å². The lowest BCUT2D eigenvalue weighted by molar-refractivity contribution is 0.225. The summed E-state index contributed by atoms with van der Waals surface area (Å²) in [4.78, 5) is 15.6. The molecule has 4 heteroatoms. The number of hydrogen-bond acceptors (Lipinski definition) is 2. The van der Waals surface area contributed by atoms with Crippen molar-refractivity contribution in [3.63, 3.8) is 0 Å². The average Bonchev–Trinajstić information content (AvgIpc) is 2.87. The van der Waals surface area contributed by atoms with Gasteiger partial charge in [-0.15, -0.1) is 11.8 Å². The third-order valence-electron chi connectivity index (χ3n) is 3.33. The predicted molar refractivity (Wildman–Crippen MR) is 75.5 cm³/mol. The number of carbonyl (C=O) groups excluding carboxylic acids is 1. The smallest absolute Gasteiger partial charge is 0.308 e. The Bertz CT molecular complexity index is 484. The van der Waals surface area contributed by atoms with Crippen LogP contribution in [0.5, 0.6) is 0 Å². The van der Waals surface area contributed by atoms with Crippen LogP contribution in [0.25, 0.3) is 0 Å². The Kier molecular flexibility index (Phi) is 3.28. The molecule has 1 aromatic carbocycles. The molecular formula is C14H16N2OS. The molecule has 0 saturated heterocycles. The lowest BCUT2D eigenvalue weighted by Gasteiger charge is -2.29. The molecule has 0 spiro atoms. The van der Waals surface area contributed by atoms with Crippen molar-refractivity contribution in [3.05, 3.63) is 40.9 Å². The molecule has 3 nitrogen and oxygen atoms in total.